The fourth-order valence-corrected chi connectivity index (χ4v) is 2.38. The van der Waals surface area contributed by atoms with Crippen LogP contribution in [0.15, 0.2) is 34.7 Å². The van der Waals surface area contributed by atoms with E-state index in [1.54, 1.807) is 0 Å². The quantitative estimate of drug-likeness (QED) is 0.781. The molecule has 1 aromatic carbocycles. The summed E-state index contributed by atoms with van der Waals surface area (Å²) >= 11 is 0. The van der Waals surface area contributed by atoms with E-state index < -0.39 is 0 Å². The molecule has 2 aromatic rings. The summed E-state index contributed by atoms with van der Waals surface area (Å²) in [7, 11) is 1.95. The van der Waals surface area contributed by atoms with E-state index in [2.05, 4.69) is 0 Å². The SMILES string of the molecule is Cc1ccc(C)c(C(=O)C(C)N(C)Cc2ccc(C)o2)c1. The molecule has 0 aliphatic carbocycles. The van der Waals surface area contributed by atoms with Gasteiger partial charge in [0.15, 0.2) is 5.78 Å². The van der Waals surface area contributed by atoms with Crippen molar-refractivity contribution in [2.45, 2.75) is 40.3 Å². The molecule has 1 unspecified atom stereocenters. The van der Waals surface area contributed by atoms with E-state index >= 15 is 0 Å². The van der Waals surface area contributed by atoms with E-state index in [1.807, 2.05) is 70.0 Å². The smallest absolute Gasteiger partial charge is 0.179 e. The summed E-state index contributed by atoms with van der Waals surface area (Å²) in [6, 6.07) is 9.73. The standard InChI is InChI=1S/C18H23NO2/c1-12-6-7-13(2)17(10-12)18(20)15(4)19(5)11-16-9-8-14(3)21-16/h6-10,15H,11H2,1-5H3. The number of hydrogen-bond donors (Lipinski definition) is 0. The van der Waals surface area contributed by atoms with Crippen LogP contribution in [0.4, 0.5) is 0 Å². The highest BCUT2D eigenvalue weighted by molar-refractivity contribution is 6.01. The van der Waals surface area contributed by atoms with Gasteiger partial charge in [0.1, 0.15) is 11.5 Å². The third kappa shape index (κ3) is 3.61. The van der Waals surface area contributed by atoms with E-state index in [1.165, 1.54) is 0 Å². The molecule has 112 valence electrons. The fraction of sp³-hybridized carbons (Fsp3) is 0.389. The molecule has 1 atom stereocenters. The molecule has 3 heteroatoms. The number of hydrogen-bond acceptors (Lipinski definition) is 3. The maximum atomic E-state index is 12.7. The lowest BCUT2D eigenvalue weighted by molar-refractivity contribution is 0.0854. The summed E-state index contributed by atoms with van der Waals surface area (Å²) in [5.41, 5.74) is 2.95. The molecule has 0 aliphatic rings. The number of ketones is 1. The number of likely N-dealkylation sites (N-methyl/N-ethyl adjacent to an activating group) is 1. The van der Waals surface area contributed by atoms with Crippen molar-refractivity contribution >= 4 is 5.78 Å². The third-order valence-electron chi connectivity index (χ3n) is 3.90. The zero-order valence-corrected chi connectivity index (χ0v) is 13.4. The summed E-state index contributed by atoms with van der Waals surface area (Å²) in [5, 5.41) is 0. The van der Waals surface area contributed by atoms with Gasteiger partial charge in [-0.25, -0.2) is 0 Å². The van der Waals surface area contributed by atoms with Gasteiger partial charge in [0.2, 0.25) is 0 Å². The van der Waals surface area contributed by atoms with Gasteiger partial charge in [-0.05, 0) is 58.5 Å². The molecular weight excluding hydrogens is 262 g/mol. The minimum Gasteiger partial charge on any atom is -0.465 e. The molecule has 1 aromatic heterocycles. The third-order valence-corrected chi connectivity index (χ3v) is 3.90. The average molecular weight is 285 g/mol. The van der Waals surface area contributed by atoms with Crippen LogP contribution in [0.25, 0.3) is 0 Å². The van der Waals surface area contributed by atoms with Crippen LogP contribution in [0.3, 0.4) is 0 Å². The predicted molar refractivity (Wildman–Crippen MR) is 84.6 cm³/mol. The predicted octanol–water partition coefficient (Wildman–Crippen LogP) is 3.91. The Morgan fingerprint density at radius 2 is 1.90 bits per heavy atom. The summed E-state index contributed by atoms with van der Waals surface area (Å²) in [5.74, 6) is 1.93. The van der Waals surface area contributed by atoms with Crippen molar-refractivity contribution in [1.82, 2.24) is 4.90 Å². The van der Waals surface area contributed by atoms with Crippen molar-refractivity contribution in [2.24, 2.45) is 0 Å². The lowest BCUT2D eigenvalue weighted by atomic mass is 9.98. The second kappa shape index (κ2) is 6.27. The molecule has 0 aliphatic heterocycles. The van der Waals surface area contributed by atoms with Crippen molar-refractivity contribution in [3.05, 3.63) is 58.5 Å². The molecule has 2 rings (SSSR count). The number of carbonyl (C=O) groups is 1. The maximum Gasteiger partial charge on any atom is 0.179 e. The van der Waals surface area contributed by atoms with Crippen molar-refractivity contribution in [3.8, 4) is 0 Å². The van der Waals surface area contributed by atoms with Crippen molar-refractivity contribution in [2.75, 3.05) is 7.05 Å². The first-order chi connectivity index (χ1) is 9.88. The number of benzene rings is 1. The molecule has 0 saturated carbocycles. The highest BCUT2D eigenvalue weighted by atomic mass is 16.3. The Morgan fingerprint density at radius 1 is 1.19 bits per heavy atom. The van der Waals surface area contributed by atoms with Gasteiger partial charge in [0.25, 0.3) is 0 Å². The topological polar surface area (TPSA) is 33.5 Å². The Labute approximate surface area is 126 Å². The maximum absolute atomic E-state index is 12.7. The Bertz CT molecular complexity index is 642. The lowest BCUT2D eigenvalue weighted by Crippen LogP contribution is -2.35. The number of carbonyl (C=O) groups excluding carboxylic acids is 1. The Kier molecular flexibility index (Phi) is 4.63. The van der Waals surface area contributed by atoms with Crippen LogP contribution in [-0.2, 0) is 6.54 Å². The van der Waals surface area contributed by atoms with Crippen molar-refractivity contribution in [1.29, 1.82) is 0 Å². The van der Waals surface area contributed by atoms with E-state index in [0.717, 1.165) is 28.2 Å². The van der Waals surface area contributed by atoms with Gasteiger partial charge in [-0.15, -0.1) is 0 Å². The van der Waals surface area contributed by atoms with Gasteiger partial charge in [-0.1, -0.05) is 17.7 Å². The molecule has 21 heavy (non-hydrogen) atoms. The number of Topliss-reactive ketones (excluding diaryl/α,β-unsaturated/α-hetero) is 1. The number of aryl methyl sites for hydroxylation is 3. The molecule has 0 saturated heterocycles. The second-order valence-corrected chi connectivity index (χ2v) is 5.79. The number of nitrogens with zero attached hydrogens (tertiary/aromatic N) is 1. The van der Waals surface area contributed by atoms with E-state index in [9.17, 15) is 4.79 Å². The molecule has 0 spiro atoms. The monoisotopic (exact) mass is 285 g/mol. The van der Waals surface area contributed by atoms with E-state index in [0.29, 0.717) is 6.54 Å². The average Bonchev–Trinajstić information content (AvgIpc) is 2.85. The van der Waals surface area contributed by atoms with Gasteiger partial charge < -0.3 is 4.42 Å². The summed E-state index contributed by atoms with van der Waals surface area (Å²) in [6.45, 7) is 8.49. The zero-order valence-electron chi connectivity index (χ0n) is 13.4. The Morgan fingerprint density at radius 3 is 2.52 bits per heavy atom. The van der Waals surface area contributed by atoms with Crippen molar-refractivity contribution in [3.63, 3.8) is 0 Å². The molecule has 3 nitrogen and oxygen atoms in total. The van der Waals surface area contributed by atoms with E-state index in [-0.39, 0.29) is 11.8 Å². The van der Waals surface area contributed by atoms with Gasteiger partial charge in [0.05, 0.1) is 12.6 Å². The van der Waals surface area contributed by atoms with Crippen LogP contribution in [0.2, 0.25) is 0 Å². The van der Waals surface area contributed by atoms with Gasteiger partial charge >= 0.3 is 0 Å². The highest BCUT2D eigenvalue weighted by Crippen LogP contribution is 2.17. The minimum atomic E-state index is -0.184. The lowest BCUT2D eigenvalue weighted by Gasteiger charge is -2.23. The molecule has 0 radical (unpaired) electrons. The van der Waals surface area contributed by atoms with Gasteiger partial charge in [0, 0.05) is 5.56 Å². The van der Waals surface area contributed by atoms with Gasteiger partial charge in [-0.2, -0.15) is 0 Å². The first-order valence-electron chi connectivity index (χ1n) is 7.25. The highest BCUT2D eigenvalue weighted by Gasteiger charge is 2.22. The van der Waals surface area contributed by atoms with Crippen LogP contribution < -0.4 is 0 Å². The number of rotatable bonds is 5. The van der Waals surface area contributed by atoms with Crippen LogP contribution in [0.1, 0.15) is 39.9 Å². The van der Waals surface area contributed by atoms with Crippen LogP contribution >= 0.6 is 0 Å². The molecular formula is C18H23NO2. The number of furan rings is 1. The van der Waals surface area contributed by atoms with Crippen LogP contribution in [-0.4, -0.2) is 23.8 Å². The molecule has 1 heterocycles. The Hall–Kier alpha value is -1.87. The van der Waals surface area contributed by atoms with E-state index in [4.69, 9.17) is 4.42 Å². The molecule has 0 bridgehead atoms. The zero-order chi connectivity index (χ0) is 15.6. The van der Waals surface area contributed by atoms with Crippen LogP contribution in [0, 0.1) is 20.8 Å². The fourth-order valence-electron chi connectivity index (χ4n) is 2.38. The second-order valence-electron chi connectivity index (χ2n) is 5.79. The Balaban J connectivity index is 2.12. The first-order valence-corrected chi connectivity index (χ1v) is 7.25. The van der Waals surface area contributed by atoms with Crippen molar-refractivity contribution < 1.29 is 9.21 Å². The summed E-state index contributed by atoms with van der Waals surface area (Å²) in [4.78, 5) is 14.7. The molecule has 0 N–H and O–H groups in total. The molecule has 0 amide bonds. The van der Waals surface area contributed by atoms with Gasteiger partial charge in [-0.3, -0.25) is 9.69 Å². The largest absolute Gasteiger partial charge is 0.465 e. The summed E-state index contributed by atoms with van der Waals surface area (Å²) in [6.07, 6.45) is 0. The first kappa shape index (κ1) is 15.5. The summed E-state index contributed by atoms with van der Waals surface area (Å²) < 4.78 is 5.58. The minimum absolute atomic E-state index is 0.155. The molecule has 0 fully saturated rings. The normalized spacial score (nSPS) is 12.7. The van der Waals surface area contributed by atoms with Crippen LogP contribution in [0.5, 0.6) is 0 Å².